The van der Waals surface area contributed by atoms with Gasteiger partial charge in [0.2, 0.25) is 5.13 Å². The van der Waals surface area contributed by atoms with Crippen LogP contribution in [0.3, 0.4) is 0 Å². The van der Waals surface area contributed by atoms with Gasteiger partial charge in [0.05, 0.1) is 0 Å². The van der Waals surface area contributed by atoms with E-state index in [-0.39, 0.29) is 5.91 Å². The van der Waals surface area contributed by atoms with E-state index in [4.69, 9.17) is 4.98 Å². The highest BCUT2D eigenvalue weighted by molar-refractivity contribution is 7.09. The predicted molar refractivity (Wildman–Crippen MR) is 118 cm³/mol. The Morgan fingerprint density at radius 1 is 1.20 bits per heavy atom. The van der Waals surface area contributed by atoms with Gasteiger partial charge in [-0.1, -0.05) is 35.9 Å². The second-order valence-electron chi connectivity index (χ2n) is 7.81. The van der Waals surface area contributed by atoms with Crippen LogP contribution in [0.15, 0.2) is 48.5 Å². The molecule has 0 aliphatic carbocycles. The second kappa shape index (κ2) is 9.34. The third-order valence-corrected chi connectivity index (χ3v) is 6.28. The molecule has 2 heterocycles. The Hall–Kier alpha value is -2.80. The maximum absolute atomic E-state index is 13.3. The van der Waals surface area contributed by atoms with Gasteiger partial charge in [-0.25, -0.2) is 9.37 Å². The molecule has 0 saturated carbocycles. The number of carbonyl (C=O) groups is 1. The summed E-state index contributed by atoms with van der Waals surface area (Å²) in [4.78, 5) is 19.2. The lowest BCUT2D eigenvalue weighted by Crippen LogP contribution is -2.38. The van der Waals surface area contributed by atoms with Gasteiger partial charge in [0.25, 0.3) is 5.91 Å². The van der Waals surface area contributed by atoms with Crippen LogP contribution in [0.25, 0.3) is 0 Å². The van der Waals surface area contributed by atoms with Gasteiger partial charge in [0.15, 0.2) is 0 Å². The van der Waals surface area contributed by atoms with Crippen LogP contribution in [0.5, 0.6) is 0 Å². The Morgan fingerprint density at radius 2 is 1.97 bits per heavy atom. The summed E-state index contributed by atoms with van der Waals surface area (Å²) in [5.41, 5.74) is 2.83. The van der Waals surface area contributed by atoms with Crippen molar-refractivity contribution in [2.75, 3.05) is 24.5 Å². The maximum atomic E-state index is 13.3. The van der Waals surface area contributed by atoms with E-state index in [1.54, 1.807) is 12.1 Å². The fourth-order valence-electron chi connectivity index (χ4n) is 3.63. The van der Waals surface area contributed by atoms with Crippen molar-refractivity contribution < 1.29 is 9.18 Å². The Kier molecular flexibility index (Phi) is 6.38. The van der Waals surface area contributed by atoms with Gasteiger partial charge in [0.1, 0.15) is 11.6 Å². The molecule has 3 aromatic rings. The summed E-state index contributed by atoms with van der Waals surface area (Å²) in [7, 11) is 0. The molecule has 5 nitrogen and oxygen atoms in total. The van der Waals surface area contributed by atoms with Gasteiger partial charge in [-0.15, -0.1) is 0 Å². The average Bonchev–Trinajstić information content (AvgIpc) is 3.22. The van der Waals surface area contributed by atoms with E-state index < -0.39 is 5.82 Å². The molecule has 1 aromatic heterocycles. The summed E-state index contributed by atoms with van der Waals surface area (Å²) < 4.78 is 17.8. The molecule has 2 aromatic carbocycles. The molecule has 30 heavy (non-hydrogen) atoms. The SMILES string of the molecule is Cc1ccc(Cc2nsc(N3CCC(CNC(=O)c4cccc(F)c4)CC3)n2)cc1. The molecule has 0 radical (unpaired) electrons. The Labute approximate surface area is 180 Å². The quantitative estimate of drug-likeness (QED) is 0.644. The average molecular weight is 425 g/mol. The van der Waals surface area contributed by atoms with E-state index in [0.717, 1.165) is 43.3 Å². The number of hydrogen-bond acceptors (Lipinski definition) is 5. The summed E-state index contributed by atoms with van der Waals surface area (Å²) in [6.07, 6.45) is 2.71. The molecule has 1 fully saturated rings. The van der Waals surface area contributed by atoms with Crippen molar-refractivity contribution in [3.63, 3.8) is 0 Å². The first-order chi connectivity index (χ1) is 14.6. The van der Waals surface area contributed by atoms with E-state index in [1.807, 2.05) is 0 Å². The van der Waals surface area contributed by atoms with Gasteiger partial charge in [-0.05, 0) is 49.4 Å². The minimum Gasteiger partial charge on any atom is -0.352 e. The lowest BCUT2D eigenvalue weighted by Gasteiger charge is -2.31. The minimum absolute atomic E-state index is 0.221. The minimum atomic E-state index is -0.394. The number of anilines is 1. The number of nitrogens with zero attached hydrogens (tertiary/aromatic N) is 3. The van der Waals surface area contributed by atoms with Gasteiger partial charge >= 0.3 is 0 Å². The molecule has 1 saturated heterocycles. The van der Waals surface area contributed by atoms with E-state index in [2.05, 4.69) is 45.8 Å². The fraction of sp³-hybridized carbons (Fsp3) is 0.348. The molecule has 1 N–H and O–H groups in total. The van der Waals surface area contributed by atoms with Crippen LogP contribution in [0.2, 0.25) is 0 Å². The number of amides is 1. The first-order valence-electron chi connectivity index (χ1n) is 10.2. The highest BCUT2D eigenvalue weighted by Gasteiger charge is 2.22. The highest BCUT2D eigenvalue weighted by atomic mass is 32.1. The summed E-state index contributed by atoms with van der Waals surface area (Å²) in [5.74, 6) is 0.665. The number of benzene rings is 2. The molecule has 1 aliphatic heterocycles. The number of piperidine rings is 1. The van der Waals surface area contributed by atoms with E-state index in [9.17, 15) is 9.18 Å². The van der Waals surface area contributed by atoms with Crippen molar-refractivity contribution in [1.29, 1.82) is 0 Å². The van der Waals surface area contributed by atoms with Crippen LogP contribution < -0.4 is 10.2 Å². The first-order valence-corrected chi connectivity index (χ1v) is 11.0. The van der Waals surface area contributed by atoms with Crippen LogP contribution in [-0.2, 0) is 6.42 Å². The normalized spacial score (nSPS) is 14.7. The largest absolute Gasteiger partial charge is 0.352 e. The zero-order valence-corrected chi connectivity index (χ0v) is 17.8. The Balaban J connectivity index is 1.25. The monoisotopic (exact) mass is 424 g/mol. The van der Waals surface area contributed by atoms with E-state index in [0.29, 0.717) is 18.0 Å². The number of nitrogens with one attached hydrogen (secondary N) is 1. The van der Waals surface area contributed by atoms with Crippen molar-refractivity contribution >= 4 is 22.6 Å². The molecule has 1 amide bonds. The number of carbonyl (C=O) groups excluding carboxylic acids is 1. The number of aryl methyl sites for hydroxylation is 1. The lowest BCUT2D eigenvalue weighted by molar-refractivity contribution is 0.0944. The first kappa shape index (κ1) is 20.5. The predicted octanol–water partition coefficient (Wildman–Crippen LogP) is 4.22. The van der Waals surface area contributed by atoms with Crippen LogP contribution in [-0.4, -0.2) is 34.9 Å². The van der Waals surface area contributed by atoms with E-state index in [1.165, 1.54) is 34.8 Å². The molecule has 0 spiro atoms. The molecule has 0 atom stereocenters. The topological polar surface area (TPSA) is 58.1 Å². The van der Waals surface area contributed by atoms with Crippen LogP contribution >= 0.6 is 11.5 Å². The van der Waals surface area contributed by atoms with Gasteiger partial charge < -0.3 is 10.2 Å². The molecule has 1 aliphatic rings. The second-order valence-corrected chi connectivity index (χ2v) is 8.54. The highest BCUT2D eigenvalue weighted by Crippen LogP contribution is 2.25. The fourth-order valence-corrected chi connectivity index (χ4v) is 4.37. The van der Waals surface area contributed by atoms with Crippen molar-refractivity contribution in [1.82, 2.24) is 14.7 Å². The standard InChI is InChI=1S/C23H25FN4OS/c1-16-5-7-17(8-6-16)13-21-26-23(30-27-21)28-11-9-18(10-12-28)15-25-22(29)19-3-2-4-20(24)14-19/h2-8,14,18H,9-13,15H2,1H3,(H,25,29). The number of hydrogen-bond donors (Lipinski definition) is 1. The Bertz CT molecular complexity index is 996. The molecule has 0 bridgehead atoms. The third-order valence-electron chi connectivity index (χ3n) is 5.46. The molecular formula is C23H25FN4OS. The van der Waals surface area contributed by atoms with Crippen molar-refractivity contribution in [2.45, 2.75) is 26.2 Å². The maximum Gasteiger partial charge on any atom is 0.251 e. The van der Waals surface area contributed by atoms with Gasteiger partial charge in [-0.2, -0.15) is 4.37 Å². The zero-order chi connectivity index (χ0) is 20.9. The molecule has 156 valence electrons. The summed E-state index contributed by atoms with van der Waals surface area (Å²) in [6, 6.07) is 14.3. The molecule has 4 rings (SSSR count). The summed E-state index contributed by atoms with van der Waals surface area (Å²) >= 11 is 1.46. The van der Waals surface area contributed by atoms with Crippen molar-refractivity contribution in [3.8, 4) is 0 Å². The summed E-state index contributed by atoms with van der Waals surface area (Å²) in [6.45, 7) is 4.50. The zero-order valence-electron chi connectivity index (χ0n) is 17.0. The van der Waals surface area contributed by atoms with Crippen molar-refractivity contribution in [2.24, 2.45) is 5.92 Å². The van der Waals surface area contributed by atoms with Crippen LogP contribution in [0.1, 0.15) is 40.2 Å². The Morgan fingerprint density at radius 3 is 2.70 bits per heavy atom. The van der Waals surface area contributed by atoms with E-state index >= 15 is 0 Å². The van der Waals surface area contributed by atoms with Gasteiger partial charge in [-0.3, -0.25) is 4.79 Å². The molecule has 7 heteroatoms. The molecular weight excluding hydrogens is 399 g/mol. The lowest BCUT2D eigenvalue weighted by atomic mass is 9.97. The van der Waals surface area contributed by atoms with Crippen LogP contribution in [0.4, 0.5) is 9.52 Å². The molecule has 0 unspecified atom stereocenters. The smallest absolute Gasteiger partial charge is 0.251 e. The number of aromatic nitrogens is 2. The third kappa shape index (κ3) is 5.21. The number of rotatable bonds is 6. The van der Waals surface area contributed by atoms with Crippen molar-refractivity contribution in [3.05, 3.63) is 76.9 Å². The summed E-state index contributed by atoms with van der Waals surface area (Å²) in [5, 5.41) is 3.91. The van der Waals surface area contributed by atoms with Crippen LogP contribution in [0, 0.1) is 18.7 Å². The van der Waals surface area contributed by atoms with Gasteiger partial charge in [0, 0.05) is 43.2 Å². The number of halogens is 1.